The lowest BCUT2D eigenvalue weighted by Crippen LogP contribution is -2.29. The van der Waals surface area contributed by atoms with Crippen molar-refractivity contribution in [1.29, 1.82) is 0 Å². The third kappa shape index (κ3) is 1.45. The first-order chi connectivity index (χ1) is 7.97. The Balaban J connectivity index is 3.02. The maximum atomic E-state index is 11.7. The summed E-state index contributed by atoms with van der Waals surface area (Å²) in [6.45, 7) is 1.55. The Kier molecular flexibility index (Phi) is 2.34. The first kappa shape index (κ1) is 11.1. The molecule has 2 rings (SSSR count). The Bertz CT molecular complexity index is 733. The Labute approximate surface area is 94.8 Å². The third-order valence-corrected chi connectivity index (χ3v) is 2.61. The van der Waals surface area contributed by atoms with E-state index < -0.39 is 11.2 Å². The zero-order valence-electron chi connectivity index (χ0n) is 9.55. The third-order valence-electron chi connectivity index (χ3n) is 2.61. The number of aromatic nitrogens is 4. The fourth-order valence-corrected chi connectivity index (χ4v) is 1.68. The lowest BCUT2D eigenvalue weighted by atomic mass is 10.4. The second-order valence-corrected chi connectivity index (χ2v) is 3.67. The molecule has 0 spiro atoms. The van der Waals surface area contributed by atoms with Crippen LogP contribution in [0.3, 0.4) is 0 Å². The molecule has 0 aliphatic rings. The number of H-pyrrole nitrogens is 1. The maximum Gasteiger partial charge on any atom is 0.329 e. The minimum Gasteiger partial charge on any atom is -0.411 e. The maximum absolute atomic E-state index is 11.7. The molecule has 0 aliphatic carbocycles. The van der Waals surface area contributed by atoms with Crippen molar-refractivity contribution in [3.8, 4) is 0 Å². The van der Waals surface area contributed by atoms with Crippen molar-refractivity contribution in [3.05, 3.63) is 26.7 Å². The summed E-state index contributed by atoms with van der Waals surface area (Å²) in [5.41, 5.74) is -0.291. The van der Waals surface area contributed by atoms with Crippen molar-refractivity contribution in [2.75, 3.05) is 0 Å². The van der Waals surface area contributed by atoms with Gasteiger partial charge < -0.3 is 9.77 Å². The molecule has 2 aromatic rings. The zero-order chi connectivity index (χ0) is 12.7. The molecule has 0 saturated heterocycles. The van der Waals surface area contributed by atoms with E-state index in [9.17, 15) is 9.59 Å². The largest absolute Gasteiger partial charge is 0.411 e. The van der Waals surface area contributed by atoms with E-state index >= 15 is 0 Å². The van der Waals surface area contributed by atoms with E-state index in [1.807, 2.05) is 0 Å². The average molecular weight is 237 g/mol. The summed E-state index contributed by atoms with van der Waals surface area (Å²) in [6.07, 6.45) is 0. The predicted octanol–water partition coefficient (Wildman–Crippen LogP) is -0.841. The minimum absolute atomic E-state index is 0.249. The zero-order valence-corrected chi connectivity index (χ0v) is 9.55. The smallest absolute Gasteiger partial charge is 0.329 e. The summed E-state index contributed by atoms with van der Waals surface area (Å²) in [7, 11) is 3.11. The Hall–Kier alpha value is -2.38. The monoisotopic (exact) mass is 237 g/mol. The number of hydrogen-bond donors (Lipinski definition) is 2. The van der Waals surface area contributed by atoms with Gasteiger partial charge in [-0.15, -0.1) is 0 Å². The van der Waals surface area contributed by atoms with Crippen molar-refractivity contribution >= 4 is 16.9 Å². The van der Waals surface area contributed by atoms with Crippen molar-refractivity contribution in [2.24, 2.45) is 19.3 Å². The number of imidazole rings is 1. The van der Waals surface area contributed by atoms with Gasteiger partial charge in [-0.2, -0.15) is 0 Å². The molecule has 0 unspecified atom stereocenters. The van der Waals surface area contributed by atoms with Crippen molar-refractivity contribution in [1.82, 2.24) is 19.1 Å². The standard InChI is InChI=1S/C9H11N5O3/c1-4(12-17)6-10-7-5(13(6)2)8(15)11-9(16)14(7)3/h17H,1-3H3,(H,11,15,16)/b12-4+. The van der Waals surface area contributed by atoms with Gasteiger partial charge in [0, 0.05) is 14.1 Å². The number of oxime groups is 1. The SMILES string of the molecule is C/C(=N\O)c1nc2c(c(=O)[nH]c(=O)n2C)n1C. The summed E-state index contributed by atoms with van der Waals surface area (Å²) in [5, 5.41) is 11.7. The highest BCUT2D eigenvalue weighted by Crippen LogP contribution is 2.09. The van der Waals surface area contributed by atoms with Crippen LogP contribution in [0.1, 0.15) is 12.7 Å². The molecule has 0 saturated carbocycles. The second kappa shape index (κ2) is 3.58. The van der Waals surface area contributed by atoms with Crippen LogP contribution in [-0.4, -0.2) is 30.0 Å². The molecule has 8 nitrogen and oxygen atoms in total. The summed E-state index contributed by atoms with van der Waals surface area (Å²) in [5.74, 6) is 0.328. The quantitative estimate of drug-likeness (QED) is 0.383. The van der Waals surface area contributed by atoms with Gasteiger partial charge in [0.25, 0.3) is 5.56 Å². The number of hydrogen-bond acceptors (Lipinski definition) is 5. The molecule has 2 N–H and O–H groups in total. The van der Waals surface area contributed by atoms with E-state index in [0.717, 1.165) is 0 Å². The van der Waals surface area contributed by atoms with Gasteiger partial charge in [0.05, 0.1) is 0 Å². The molecular weight excluding hydrogens is 226 g/mol. The van der Waals surface area contributed by atoms with E-state index in [4.69, 9.17) is 5.21 Å². The average Bonchev–Trinajstić information content (AvgIpc) is 2.64. The van der Waals surface area contributed by atoms with Crippen molar-refractivity contribution < 1.29 is 5.21 Å². The fraction of sp³-hybridized carbons (Fsp3) is 0.333. The highest BCUT2D eigenvalue weighted by Gasteiger charge is 2.16. The van der Waals surface area contributed by atoms with Gasteiger partial charge in [0.2, 0.25) is 0 Å². The Morgan fingerprint density at radius 2 is 2.00 bits per heavy atom. The highest BCUT2D eigenvalue weighted by atomic mass is 16.4. The summed E-state index contributed by atoms with van der Waals surface area (Å²) in [6, 6.07) is 0. The lowest BCUT2D eigenvalue weighted by molar-refractivity contribution is 0.318. The molecule has 0 fully saturated rings. The van der Waals surface area contributed by atoms with Gasteiger partial charge in [0.1, 0.15) is 5.71 Å². The summed E-state index contributed by atoms with van der Waals surface area (Å²) >= 11 is 0. The first-order valence-electron chi connectivity index (χ1n) is 4.82. The highest BCUT2D eigenvalue weighted by molar-refractivity contribution is 5.97. The number of nitrogens with zero attached hydrogens (tertiary/aromatic N) is 4. The van der Waals surface area contributed by atoms with Gasteiger partial charge in [-0.3, -0.25) is 14.3 Å². The van der Waals surface area contributed by atoms with Gasteiger partial charge in [-0.05, 0) is 6.92 Å². The van der Waals surface area contributed by atoms with Gasteiger partial charge in [-0.1, -0.05) is 5.16 Å². The predicted molar refractivity (Wildman–Crippen MR) is 60.6 cm³/mol. The molecule has 17 heavy (non-hydrogen) atoms. The molecule has 90 valence electrons. The normalized spacial score (nSPS) is 12.3. The van der Waals surface area contributed by atoms with Gasteiger partial charge >= 0.3 is 5.69 Å². The fourth-order valence-electron chi connectivity index (χ4n) is 1.68. The van der Waals surface area contributed by atoms with E-state index in [2.05, 4.69) is 15.1 Å². The first-order valence-corrected chi connectivity index (χ1v) is 4.82. The molecule has 8 heteroatoms. The van der Waals surface area contributed by atoms with Crippen molar-refractivity contribution in [2.45, 2.75) is 6.92 Å². The Morgan fingerprint density at radius 1 is 1.35 bits per heavy atom. The van der Waals surface area contributed by atoms with E-state index in [1.165, 1.54) is 16.2 Å². The molecule has 0 bridgehead atoms. The molecule has 0 radical (unpaired) electrons. The number of rotatable bonds is 1. The van der Waals surface area contributed by atoms with Crippen LogP contribution >= 0.6 is 0 Å². The van der Waals surface area contributed by atoms with Crippen LogP contribution in [-0.2, 0) is 14.1 Å². The van der Waals surface area contributed by atoms with Crippen molar-refractivity contribution in [3.63, 3.8) is 0 Å². The number of fused-ring (bicyclic) bond motifs is 1. The summed E-state index contributed by atoms with van der Waals surface area (Å²) < 4.78 is 2.70. The van der Waals surface area contributed by atoms with Crippen LogP contribution in [0.25, 0.3) is 11.2 Å². The minimum atomic E-state index is -0.536. The van der Waals surface area contributed by atoms with Crippen LogP contribution in [0.4, 0.5) is 0 Å². The molecule has 2 aromatic heterocycles. The molecule has 0 aromatic carbocycles. The summed E-state index contributed by atoms with van der Waals surface area (Å²) in [4.78, 5) is 29.4. The number of aromatic amines is 1. The molecule has 2 heterocycles. The number of nitrogens with one attached hydrogen (secondary N) is 1. The topological polar surface area (TPSA) is 105 Å². The van der Waals surface area contributed by atoms with Crippen LogP contribution in [0, 0.1) is 0 Å². The van der Waals surface area contributed by atoms with Crippen LogP contribution in [0.15, 0.2) is 14.7 Å². The van der Waals surface area contributed by atoms with Crippen LogP contribution in [0.5, 0.6) is 0 Å². The van der Waals surface area contributed by atoms with E-state index in [1.54, 1.807) is 14.0 Å². The molecule has 0 amide bonds. The molecule has 0 aliphatic heterocycles. The van der Waals surface area contributed by atoms with Gasteiger partial charge in [0.15, 0.2) is 17.0 Å². The molecule has 0 atom stereocenters. The van der Waals surface area contributed by atoms with Gasteiger partial charge in [-0.25, -0.2) is 9.78 Å². The molecular formula is C9H11N5O3. The number of aryl methyl sites for hydroxylation is 2. The second-order valence-electron chi connectivity index (χ2n) is 3.67. The van der Waals surface area contributed by atoms with Crippen LogP contribution in [0.2, 0.25) is 0 Å². The Morgan fingerprint density at radius 3 is 2.59 bits per heavy atom. The lowest BCUT2D eigenvalue weighted by Gasteiger charge is -1.99. The van der Waals surface area contributed by atoms with E-state index in [0.29, 0.717) is 5.82 Å². The van der Waals surface area contributed by atoms with E-state index in [-0.39, 0.29) is 16.9 Å². The van der Waals surface area contributed by atoms with Crippen LogP contribution < -0.4 is 11.2 Å².